The van der Waals surface area contributed by atoms with Crippen LogP contribution in [0, 0.1) is 0 Å². The number of hydrogen-bond donors (Lipinski definition) is 1. The number of alkyl halides is 3. The Hall–Kier alpha value is -2.52. The third-order valence-corrected chi connectivity index (χ3v) is 6.95. The molecule has 198 valence electrons. The number of hydrogen-bond acceptors (Lipinski definition) is 5. The lowest BCUT2D eigenvalue weighted by molar-refractivity contribution is -0.141. The Bertz CT molecular complexity index is 972. The van der Waals surface area contributed by atoms with E-state index >= 15 is 0 Å². The van der Waals surface area contributed by atoms with Gasteiger partial charge in [0.15, 0.2) is 0 Å². The maximum Gasteiger partial charge on any atom is 0.433 e. The molecule has 3 heterocycles. The predicted molar refractivity (Wildman–Crippen MR) is 139 cm³/mol. The molecule has 6 nitrogen and oxygen atoms in total. The molecule has 1 amide bonds. The fourth-order valence-electron chi connectivity index (χ4n) is 4.68. The number of nitrogens with zero attached hydrogens (tertiary/aromatic N) is 4. The van der Waals surface area contributed by atoms with Crippen LogP contribution >= 0.6 is 11.6 Å². The highest BCUT2D eigenvalue weighted by atomic mass is 35.5. The molecule has 2 aromatic rings. The van der Waals surface area contributed by atoms with Gasteiger partial charge in [-0.25, -0.2) is 0 Å². The molecule has 36 heavy (non-hydrogen) atoms. The summed E-state index contributed by atoms with van der Waals surface area (Å²) >= 11 is 5.97. The third kappa shape index (κ3) is 7.74. The van der Waals surface area contributed by atoms with Crippen molar-refractivity contribution in [3.05, 3.63) is 53.3 Å². The maximum atomic E-state index is 12.9. The average Bonchev–Trinajstić information content (AvgIpc) is 2.85. The van der Waals surface area contributed by atoms with Crippen LogP contribution < -0.4 is 10.2 Å². The third-order valence-electron chi connectivity index (χ3n) is 6.70. The van der Waals surface area contributed by atoms with E-state index in [2.05, 4.69) is 20.1 Å². The fraction of sp³-hybridized carbons (Fsp3) is 0.538. The lowest BCUT2D eigenvalue weighted by Gasteiger charge is -2.36. The largest absolute Gasteiger partial charge is 0.433 e. The van der Waals surface area contributed by atoms with Crippen molar-refractivity contribution in [2.45, 2.75) is 45.3 Å². The summed E-state index contributed by atoms with van der Waals surface area (Å²) < 4.78 is 38.6. The molecule has 0 spiro atoms. The minimum Gasteiger partial charge on any atom is -0.382 e. The Balaban J connectivity index is 0.00000361. The summed E-state index contributed by atoms with van der Waals surface area (Å²) in [7, 11) is 0. The van der Waals surface area contributed by atoms with Gasteiger partial charge in [-0.3, -0.25) is 14.7 Å². The van der Waals surface area contributed by atoms with Crippen molar-refractivity contribution in [3.8, 4) is 0 Å². The van der Waals surface area contributed by atoms with Gasteiger partial charge in [0.2, 0.25) is 5.91 Å². The summed E-state index contributed by atoms with van der Waals surface area (Å²) in [6.45, 7) is 6.00. The topological polar surface area (TPSA) is 51.7 Å². The van der Waals surface area contributed by atoms with Crippen LogP contribution in [0.2, 0.25) is 5.02 Å². The van der Waals surface area contributed by atoms with Crippen molar-refractivity contribution in [1.29, 1.82) is 0 Å². The lowest BCUT2D eigenvalue weighted by atomic mass is 10.0. The van der Waals surface area contributed by atoms with E-state index in [0.29, 0.717) is 38.0 Å². The number of aromatic nitrogens is 1. The number of piperazine rings is 1. The number of rotatable bonds is 7. The first kappa shape index (κ1) is 28.1. The Morgan fingerprint density at radius 2 is 1.69 bits per heavy atom. The molecule has 0 bridgehead atoms. The summed E-state index contributed by atoms with van der Waals surface area (Å²) in [6, 6.07) is 10.5. The predicted octanol–water partition coefficient (Wildman–Crippen LogP) is 5.40. The molecule has 0 atom stereocenters. The Labute approximate surface area is 216 Å². The van der Waals surface area contributed by atoms with E-state index in [1.54, 1.807) is 6.07 Å². The Morgan fingerprint density at radius 3 is 2.33 bits per heavy atom. The lowest BCUT2D eigenvalue weighted by Crippen LogP contribution is -2.47. The van der Waals surface area contributed by atoms with Crippen LogP contribution in [0.3, 0.4) is 0 Å². The Kier molecular flexibility index (Phi) is 9.84. The summed E-state index contributed by atoms with van der Waals surface area (Å²) in [5, 5.41) is 3.90. The van der Waals surface area contributed by atoms with Crippen LogP contribution in [0.5, 0.6) is 0 Å². The van der Waals surface area contributed by atoms with E-state index in [1.807, 2.05) is 29.2 Å². The van der Waals surface area contributed by atoms with E-state index in [9.17, 15) is 18.0 Å². The summed E-state index contributed by atoms with van der Waals surface area (Å²) in [4.78, 5) is 22.7. The SMILES string of the molecule is C.O=C(CCCN1CCN(c2ccc(Cl)cc2)CC1)N1CCC(Nc2ccnc(C(F)(F)F)c2)CC1. The first-order chi connectivity index (χ1) is 16.8. The van der Waals surface area contributed by atoms with Crippen molar-refractivity contribution in [2.75, 3.05) is 56.0 Å². The van der Waals surface area contributed by atoms with Gasteiger partial charge in [0, 0.05) is 74.3 Å². The van der Waals surface area contributed by atoms with E-state index in [4.69, 9.17) is 11.6 Å². The van der Waals surface area contributed by atoms with Crippen LogP contribution in [-0.4, -0.2) is 72.5 Å². The minimum atomic E-state index is -4.46. The van der Waals surface area contributed by atoms with Gasteiger partial charge in [0.1, 0.15) is 5.69 Å². The zero-order valence-corrected chi connectivity index (χ0v) is 20.4. The summed E-state index contributed by atoms with van der Waals surface area (Å²) in [5.41, 5.74) is 0.696. The molecule has 1 aromatic heterocycles. The summed E-state index contributed by atoms with van der Waals surface area (Å²) in [5.74, 6) is 0.159. The molecule has 0 saturated carbocycles. The van der Waals surface area contributed by atoms with Crippen LogP contribution in [0.15, 0.2) is 42.6 Å². The highest BCUT2D eigenvalue weighted by Crippen LogP contribution is 2.29. The number of piperidine rings is 1. The molecule has 2 fully saturated rings. The highest BCUT2D eigenvalue weighted by molar-refractivity contribution is 6.30. The standard InChI is InChI=1S/C25H31ClF3N5O.CH4/c26-19-3-5-22(6-4-19)33-16-14-32(15-17-33)11-1-2-24(35)34-12-8-20(9-13-34)31-21-7-10-30-23(18-21)25(27,28)29;/h3-7,10,18,20H,1-2,8-9,11-17H2,(H,30,31);1H4. The zero-order chi connectivity index (χ0) is 24.8. The van der Waals surface area contributed by atoms with Gasteiger partial charge in [0.05, 0.1) is 0 Å². The van der Waals surface area contributed by atoms with Gasteiger partial charge in [-0.2, -0.15) is 13.2 Å². The number of carbonyl (C=O) groups is 1. The van der Waals surface area contributed by atoms with Gasteiger partial charge in [-0.15, -0.1) is 0 Å². The van der Waals surface area contributed by atoms with Crippen molar-refractivity contribution in [1.82, 2.24) is 14.8 Å². The molecule has 0 aliphatic carbocycles. The van der Waals surface area contributed by atoms with E-state index in [1.165, 1.54) is 11.9 Å². The fourth-order valence-corrected chi connectivity index (χ4v) is 4.80. The molecule has 1 N–H and O–H groups in total. The second-order valence-electron chi connectivity index (χ2n) is 9.14. The van der Waals surface area contributed by atoms with Crippen molar-refractivity contribution < 1.29 is 18.0 Å². The quantitative estimate of drug-likeness (QED) is 0.525. The van der Waals surface area contributed by atoms with Gasteiger partial charge in [-0.1, -0.05) is 19.0 Å². The van der Waals surface area contributed by atoms with Crippen molar-refractivity contribution in [2.24, 2.45) is 0 Å². The second-order valence-corrected chi connectivity index (χ2v) is 9.57. The first-order valence-corrected chi connectivity index (χ1v) is 12.5. The number of amides is 1. The number of likely N-dealkylation sites (tertiary alicyclic amines) is 1. The van der Waals surface area contributed by atoms with Gasteiger partial charge in [0.25, 0.3) is 0 Å². The molecule has 2 aliphatic rings. The number of nitrogens with one attached hydrogen (secondary N) is 1. The number of pyridine rings is 1. The Morgan fingerprint density at radius 1 is 1.03 bits per heavy atom. The second kappa shape index (κ2) is 12.6. The number of anilines is 2. The average molecular weight is 526 g/mol. The van der Waals surface area contributed by atoms with Gasteiger partial charge >= 0.3 is 6.18 Å². The number of benzene rings is 1. The molecule has 4 rings (SSSR count). The molecule has 2 aliphatic heterocycles. The smallest absolute Gasteiger partial charge is 0.382 e. The first-order valence-electron chi connectivity index (χ1n) is 12.1. The number of carbonyl (C=O) groups excluding carboxylic acids is 1. The molecule has 2 saturated heterocycles. The molecular formula is C26H35ClF3N5O. The minimum absolute atomic E-state index is 0. The van der Waals surface area contributed by atoms with Crippen LogP contribution in [-0.2, 0) is 11.0 Å². The van der Waals surface area contributed by atoms with E-state index < -0.39 is 11.9 Å². The van der Waals surface area contributed by atoms with Crippen molar-refractivity contribution in [3.63, 3.8) is 0 Å². The van der Waals surface area contributed by atoms with E-state index in [-0.39, 0.29) is 19.4 Å². The van der Waals surface area contributed by atoms with Crippen LogP contribution in [0.4, 0.5) is 24.5 Å². The van der Waals surface area contributed by atoms with Gasteiger partial charge < -0.3 is 15.1 Å². The molecular weight excluding hydrogens is 491 g/mol. The normalized spacial score (nSPS) is 17.6. The van der Waals surface area contributed by atoms with Crippen molar-refractivity contribution >= 4 is 28.9 Å². The molecule has 0 unspecified atom stereocenters. The summed E-state index contributed by atoms with van der Waals surface area (Å²) in [6.07, 6.45) is -0.521. The highest BCUT2D eigenvalue weighted by Gasteiger charge is 2.32. The van der Waals surface area contributed by atoms with Crippen LogP contribution in [0.25, 0.3) is 0 Å². The monoisotopic (exact) mass is 525 g/mol. The van der Waals surface area contributed by atoms with Crippen LogP contribution in [0.1, 0.15) is 38.8 Å². The van der Waals surface area contributed by atoms with E-state index in [0.717, 1.165) is 50.2 Å². The van der Waals surface area contributed by atoms with Gasteiger partial charge in [-0.05, 0) is 62.2 Å². The molecule has 0 radical (unpaired) electrons. The number of halogens is 4. The maximum absolute atomic E-state index is 12.9. The molecule has 1 aromatic carbocycles. The zero-order valence-electron chi connectivity index (χ0n) is 19.6. The molecule has 10 heteroatoms.